The topological polar surface area (TPSA) is 12.9 Å². The van der Waals surface area contributed by atoms with E-state index in [9.17, 15) is 0 Å². The lowest BCUT2D eigenvalue weighted by molar-refractivity contribution is 0.659. The Labute approximate surface area is 82.3 Å². The third-order valence-electron chi connectivity index (χ3n) is 2.04. The molecule has 12 heavy (non-hydrogen) atoms. The van der Waals surface area contributed by atoms with Crippen LogP contribution in [0.25, 0.3) is 0 Å². The van der Waals surface area contributed by atoms with Crippen molar-refractivity contribution < 1.29 is 0 Å². The number of nitrogens with zero attached hydrogens (tertiary/aromatic N) is 1. The van der Waals surface area contributed by atoms with Crippen molar-refractivity contribution in [3.63, 3.8) is 0 Å². The Kier molecular flexibility index (Phi) is 3.73. The number of hydrogen-bond acceptors (Lipinski definition) is 1. The highest BCUT2D eigenvalue weighted by molar-refractivity contribution is 9.10. The van der Waals surface area contributed by atoms with E-state index in [1.165, 1.54) is 18.4 Å². The summed E-state index contributed by atoms with van der Waals surface area (Å²) in [5.74, 6) is 0.609. The third-order valence-corrected chi connectivity index (χ3v) is 2.70. The van der Waals surface area contributed by atoms with Crippen molar-refractivity contribution >= 4 is 15.9 Å². The Balaban J connectivity index is 2.79. The summed E-state index contributed by atoms with van der Waals surface area (Å²) in [4.78, 5) is 4.20. The van der Waals surface area contributed by atoms with Crippen LogP contribution >= 0.6 is 15.9 Å². The molecule has 1 heterocycles. The lowest BCUT2D eigenvalue weighted by atomic mass is 9.98. The lowest BCUT2D eigenvalue weighted by Crippen LogP contribution is -1.95. The minimum absolute atomic E-state index is 0.609. The van der Waals surface area contributed by atoms with E-state index in [2.05, 4.69) is 40.8 Å². The Bertz CT molecular complexity index is 247. The van der Waals surface area contributed by atoms with E-state index in [1.807, 2.05) is 12.3 Å². The molecule has 1 aromatic rings. The summed E-state index contributed by atoms with van der Waals surface area (Å²) in [6, 6.07) is 4.13. The number of hydrogen-bond donors (Lipinski definition) is 0. The van der Waals surface area contributed by atoms with Crippen LogP contribution in [0.4, 0.5) is 0 Å². The first kappa shape index (κ1) is 9.72. The van der Waals surface area contributed by atoms with Gasteiger partial charge in [0.25, 0.3) is 0 Å². The molecule has 0 spiro atoms. The zero-order valence-electron chi connectivity index (χ0n) is 7.55. The maximum atomic E-state index is 4.20. The van der Waals surface area contributed by atoms with Gasteiger partial charge in [0.1, 0.15) is 4.60 Å². The summed E-state index contributed by atoms with van der Waals surface area (Å²) in [6.45, 7) is 4.45. The van der Waals surface area contributed by atoms with E-state index in [0.29, 0.717) is 5.92 Å². The fraction of sp³-hybridized carbons (Fsp3) is 0.500. The standard InChI is InChI=1S/C10H14BrN/c1-3-5-8(2)9-6-4-7-12-10(9)11/h4,6-8H,3,5H2,1-2H3. The Morgan fingerprint density at radius 3 is 2.92 bits per heavy atom. The van der Waals surface area contributed by atoms with Gasteiger partial charge in [0, 0.05) is 6.20 Å². The summed E-state index contributed by atoms with van der Waals surface area (Å²) in [7, 11) is 0. The highest BCUT2D eigenvalue weighted by Gasteiger charge is 2.07. The van der Waals surface area contributed by atoms with Crippen molar-refractivity contribution in [3.8, 4) is 0 Å². The molecule has 1 atom stereocenters. The van der Waals surface area contributed by atoms with Gasteiger partial charge >= 0.3 is 0 Å². The molecule has 2 heteroatoms. The van der Waals surface area contributed by atoms with Crippen LogP contribution in [0, 0.1) is 0 Å². The highest BCUT2D eigenvalue weighted by Crippen LogP contribution is 2.25. The summed E-state index contributed by atoms with van der Waals surface area (Å²) >= 11 is 3.46. The molecule has 0 fully saturated rings. The fourth-order valence-corrected chi connectivity index (χ4v) is 2.00. The molecule has 0 amide bonds. The molecule has 0 aromatic carbocycles. The number of halogens is 1. The number of rotatable bonds is 3. The van der Waals surface area contributed by atoms with Gasteiger partial charge in [0.2, 0.25) is 0 Å². The van der Waals surface area contributed by atoms with Gasteiger partial charge in [-0.05, 0) is 39.9 Å². The second-order valence-corrected chi connectivity index (χ2v) is 3.82. The Morgan fingerprint density at radius 2 is 2.33 bits per heavy atom. The monoisotopic (exact) mass is 227 g/mol. The molecule has 0 radical (unpaired) electrons. The van der Waals surface area contributed by atoms with Crippen LogP contribution < -0.4 is 0 Å². The van der Waals surface area contributed by atoms with Gasteiger partial charge in [-0.15, -0.1) is 0 Å². The quantitative estimate of drug-likeness (QED) is 0.718. The molecule has 0 bridgehead atoms. The van der Waals surface area contributed by atoms with E-state index < -0.39 is 0 Å². The normalized spacial score (nSPS) is 12.9. The second-order valence-electron chi connectivity index (χ2n) is 3.07. The van der Waals surface area contributed by atoms with Crippen molar-refractivity contribution in [1.29, 1.82) is 0 Å². The zero-order chi connectivity index (χ0) is 8.97. The van der Waals surface area contributed by atoms with E-state index in [0.717, 1.165) is 4.60 Å². The maximum Gasteiger partial charge on any atom is 0.109 e. The SMILES string of the molecule is CCCC(C)c1cccnc1Br. The smallest absolute Gasteiger partial charge is 0.109 e. The summed E-state index contributed by atoms with van der Waals surface area (Å²) < 4.78 is 0.992. The molecular weight excluding hydrogens is 214 g/mol. The van der Waals surface area contributed by atoms with Gasteiger partial charge < -0.3 is 0 Å². The van der Waals surface area contributed by atoms with Crippen LogP contribution in [0.2, 0.25) is 0 Å². The average Bonchev–Trinajstić information content (AvgIpc) is 2.05. The summed E-state index contributed by atoms with van der Waals surface area (Å²) in [5, 5.41) is 0. The molecule has 1 unspecified atom stereocenters. The average molecular weight is 228 g/mol. The summed E-state index contributed by atoms with van der Waals surface area (Å²) in [6.07, 6.45) is 4.26. The van der Waals surface area contributed by atoms with Gasteiger partial charge in [-0.3, -0.25) is 0 Å². The van der Waals surface area contributed by atoms with E-state index in [1.54, 1.807) is 0 Å². The lowest BCUT2D eigenvalue weighted by Gasteiger charge is -2.10. The fourth-order valence-electron chi connectivity index (χ4n) is 1.35. The van der Waals surface area contributed by atoms with Crippen molar-refractivity contribution in [2.45, 2.75) is 32.6 Å². The molecular formula is C10H14BrN. The van der Waals surface area contributed by atoms with Gasteiger partial charge in [-0.2, -0.15) is 0 Å². The van der Waals surface area contributed by atoms with Crippen LogP contribution in [-0.2, 0) is 0 Å². The molecule has 0 saturated carbocycles. The predicted molar refractivity (Wildman–Crippen MR) is 55.3 cm³/mol. The predicted octanol–water partition coefficient (Wildman–Crippen LogP) is 3.75. The van der Waals surface area contributed by atoms with E-state index in [4.69, 9.17) is 0 Å². The van der Waals surface area contributed by atoms with Crippen LogP contribution in [0.15, 0.2) is 22.9 Å². The highest BCUT2D eigenvalue weighted by atomic mass is 79.9. The molecule has 0 aliphatic rings. The van der Waals surface area contributed by atoms with Crippen molar-refractivity contribution in [2.24, 2.45) is 0 Å². The van der Waals surface area contributed by atoms with E-state index in [-0.39, 0.29) is 0 Å². The molecule has 1 rings (SSSR count). The molecule has 0 saturated heterocycles. The molecule has 66 valence electrons. The number of aromatic nitrogens is 1. The van der Waals surface area contributed by atoms with Gasteiger partial charge in [0.15, 0.2) is 0 Å². The molecule has 1 aromatic heterocycles. The third kappa shape index (κ3) is 2.31. The van der Waals surface area contributed by atoms with Gasteiger partial charge in [0.05, 0.1) is 0 Å². The van der Waals surface area contributed by atoms with Gasteiger partial charge in [-0.1, -0.05) is 26.3 Å². The molecule has 0 aliphatic carbocycles. The Morgan fingerprint density at radius 1 is 1.58 bits per heavy atom. The maximum absolute atomic E-state index is 4.20. The number of pyridine rings is 1. The first-order chi connectivity index (χ1) is 5.75. The summed E-state index contributed by atoms with van der Waals surface area (Å²) in [5.41, 5.74) is 1.32. The molecule has 0 aliphatic heterocycles. The largest absolute Gasteiger partial charge is 0.249 e. The Hall–Kier alpha value is -0.370. The van der Waals surface area contributed by atoms with Crippen molar-refractivity contribution in [1.82, 2.24) is 4.98 Å². The van der Waals surface area contributed by atoms with Crippen molar-refractivity contribution in [3.05, 3.63) is 28.5 Å². The van der Waals surface area contributed by atoms with E-state index >= 15 is 0 Å². The first-order valence-corrected chi connectivity index (χ1v) is 5.15. The van der Waals surface area contributed by atoms with Crippen LogP contribution in [0.5, 0.6) is 0 Å². The minimum Gasteiger partial charge on any atom is -0.249 e. The minimum atomic E-state index is 0.609. The van der Waals surface area contributed by atoms with Crippen LogP contribution in [0.3, 0.4) is 0 Å². The molecule has 1 nitrogen and oxygen atoms in total. The second kappa shape index (κ2) is 4.61. The van der Waals surface area contributed by atoms with Gasteiger partial charge in [-0.25, -0.2) is 4.98 Å². The molecule has 0 N–H and O–H groups in total. The first-order valence-electron chi connectivity index (χ1n) is 4.36. The van der Waals surface area contributed by atoms with Crippen molar-refractivity contribution in [2.75, 3.05) is 0 Å². The van der Waals surface area contributed by atoms with Crippen LogP contribution in [-0.4, -0.2) is 4.98 Å². The van der Waals surface area contributed by atoms with Crippen LogP contribution in [0.1, 0.15) is 38.2 Å². The zero-order valence-corrected chi connectivity index (χ0v) is 9.13.